The van der Waals surface area contributed by atoms with Gasteiger partial charge in [-0.1, -0.05) is 12.1 Å². The molecule has 5 aliphatic rings. The van der Waals surface area contributed by atoms with Gasteiger partial charge in [0.2, 0.25) is 5.91 Å². The van der Waals surface area contributed by atoms with Gasteiger partial charge in [-0.15, -0.1) is 0 Å². The second kappa shape index (κ2) is 6.33. The number of carbonyl (C=O) groups is 2. The summed E-state index contributed by atoms with van der Waals surface area (Å²) in [4.78, 5) is 25.0. The molecule has 3 N–H and O–H groups in total. The van der Waals surface area contributed by atoms with Gasteiger partial charge in [-0.25, -0.2) is 5.48 Å². The summed E-state index contributed by atoms with van der Waals surface area (Å²) in [6.45, 7) is 0. The van der Waals surface area contributed by atoms with Crippen LogP contribution in [-0.2, 0) is 4.79 Å². The number of nitrogens with one attached hydrogen (secondary N) is 2. The van der Waals surface area contributed by atoms with Crippen LogP contribution in [0, 0.1) is 29.1 Å². The number of carbonyl (C=O) groups excluding carboxylic acids is 2. The van der Waals surface area contributed by atoms with Gasteiger partial charge in [0, 0.05) is 11.0 Å². The molecular formula is C22H28N2O3. The van der Waals surface area contributed by atoms with Crippen molar-refractivity contribution in [1.29, 1.82) is 0 Å². The molecule has 1 atom stereocenters. The number of hydroxylamine groups is 1. The van der Waals surface area contributed by atoms with Crippen LogP contribution in [0.1, 0.15) is 73.3 Å². The fourth-order valence-corrected chi connectivity index (χ4v) is 6.49. The summed E-state index contributed by atoms with van der Waals surface area (Å²) in [6.07, 6.45) is 9.55. The number of benzene rings is 1. The second-order valence-electron chi connectivity index (χ2n) is 9.55. The summed E-state index contributed by atoms with van der Waals surface area (Å²) < 4.78 is 0. The Labute approximate surface area is 159 Å². The smallest absolute Gasteiger partial charge is 0.274 e. The van der Waals surface area contributed by atoms with Gasteiger partial charge in [0.05, 0.1) is 6.04 Å². The first-order valence-electron chi connectivity index (χ1n) is 10.4. The zero-order valence-electron chi connectivity index (χ0n) is 15.6. The van der Waals surface area contributed by atoms with Crippen LogP contribution in [0.5, 0.6) is 0 Å². The molecular weight excluding hydrogens is 340 g/mol. The zero-order chi connectivity index (χ0) is 18.6. The Morgan fingerprint density at radius 1 is 0.963 bits per heavy atom. The lowest BCUT2D eigenvalue weighted by Crippen LogP contribution is -2.54. The molecule has 2 amide bonds. The van der Waals surface area contributed by atoms with E-state index in [0.717, 1.165) is 55.4 Å². The summed E-state index contributed by atoms with van der Waals surface area (Å²) in [7, 11) is 0. The summed E-state index contributed by atoms with van der Waals surface area (Å²) in [6, 6.07) is 7.29. The van der Waals surface area contributed by atoms with Crippen LogP contribution in [0.2, 0.25) is 0 Å². The molecule has 0 aliphatic heterocycles. The molecule has 5 saturated carbocycles. The molecule has 0 aromatic heterocycles. The SMILES string of the molecule is O=C(NO)c1ccc([C@H](NC(=O)C23CC4CC(CC(C4)C2)C3)C2CC2)cc1. The molecule has 0 heterocycles. The number of amides is 2. The van der Waals surface area contributed by atoms with E-state index in [9.17, 15) is 9.59 Å². The molecule has 1 aromatic rings. The molecule has 0 spiro atoms. The standard InChI is InChI=1S/C22H28N2O3/c25-20(24-27)18-5-3-17(4-6-18)19(16-1-2-16)23-21(26)22-10-13-7-14(11-22)9-15(8-13)12-22/h3-6,13-16,19,27H,1-2,7-12H2,(H,23,26)(H,24,25)/t13?,14?,15?,19-,22?/m1/s1. The van der Waals surface area contributed by atoms with Gasteiger partial charge in [0.25, 0.3) is 5.91 Å². The van der Waals surface area contributed by atoms with E-state index >= 15 is 0 Å². The minimum absolute atomic E-state index is 0.0387. The molecule has 0 radical (unpaired) electrons. The van der Waals surface area contributed by atoms with Crippen LogP contribution in [0.4, 0.5) is 0 Å². The van der Waals surface area contributed by atoms with E-state index < -0.39 is 5.91 Å². The van der Waals surface area contributed by atoms with E-state index in [1.165, 1.54) is 19.3 Å². The first-order chi connectivity index (χ1) is 13.1. The first-order valence-corrected chi connectivity index (χ1v) is 10.4. The highest BCUT2D eigenvalue weighted by atomic mass is 16.5. The van der Waals surface area contributed by atoms with E-state index in [1.807, 2.05) is 12.1 Å². The van der Waals surface area contributed by atoms with E-state index in [2.05, 4.69) is 5.32 Å². The molecule has 0 unspecified atom stereocenters. The maximum atomic E-state index is 13.4. The molecule has 5 fully saturated rings. The fraction of sp³-hybridized carbons (Fsp3) is 0.636. The number of rotatable bonds is 5. The van der Waals surface area contributed by atoms with Gasteiger partial charge in [0.1, 0.15) is 0 Å². The molecule has 5 aliphatic carbocycles. The van der Waals surface area contributed by atoms with E-state index in [1.54, 1.807) is 17.6 Å². The second-order valence-corrected chi connectivity index (χ2v) is 9.55. The average Bonchev–Trinajstić information content (AvgIpc) is 3.49. The Bertz CT molecular complexity index is 718. The highest BCUT2D eigenvalue weighted by molar-refractivity contribution is 5.93. The molecule has 144 valence electrons. The summed E-state index contributed by atoms with van der Waals surface area (Å²) >= 11 is 0. The average molecular weight is 368 g/mol. The number of hydrogen-bond acceptors (Lipinski definition) is 3. The van der Waals surface area contributed by atoms with Gasteiger partial charge in [-0.3, -0.25) is 14.8 Å². The third-order valence-corrected chi connectivity index (χ3v) is 7.53. The third kappa shape index (κ3) is 3.06. The predicted molar refractivity (Wildman–Crippen MR) is 99.9 cm³/mol. The lowest BCUT2D eigenvalue weighted by atomic mass is 9.49. The lowest BCUT2D eigenvalue weighted by Gasteiger charge is -2.55. The van der Waals surface area contributed by atoms with Crippen molar-refractivity contribution in [3.8, 4) is 0 Å². The summed E-state index contributed by atoms with van der Waals surface area (Å²) in [5.74, 6) is 2.55. The van der Waals surface area contributed by atoms with E-state index in [-0.39, 0.29) is 17.4 Å². The quantitative estimate of drug-likeness (QED) is 0.549. The van der Waals surface area contributed by atoms with Crippen LogP contribution in [-0.4, -0.2) is 17.0 Å². The fourth-order valence-electron chi connectivity index (χ4n) is 6.49. The summed E-state index contributed by atoms with van der Waals surface area (Å²) in [5.41, 5.74) is 3.02. The van der Waals surface area contributed by atoms with Crippen LogP contribution >= 0.6 is 0 Å². The Kier molecular flexibility index (Phi) is 4.04. The van der Waals surface area contributed by atoms with E-state index in [4.69, 9.17) is 5.21 Å². The van der Waals surface area contributed by atoms with Gasteiger partial charge in [0.15, 0.2) is 0 Å². The largest absolute Gasteiger partial charge is 0.349 e. The van der Waals surface area contributed by atoms with Gasteiger partial charge in [-0.05, 0) is 92.7 Å². The molecule has 5 heteroatoms. The zero-order valence-corrected chi connectivity index (χ0v) is 15.6. The van der Waals surface area contributed by atoms with Crippen molar-refractivity contribution in [2.24, 2.45) is 29.1 Å². The maximum absolute atomic E-state index is 13.4. The normalized spacial score (nSPS) is 34.9. The third-order valence-electron chi connectivity index (χ3n) is 7.53. The maximum Gasteiger partial charge on any atom is 0.274 e. The van der Waals surface area contributed by atoms with Crippen LogP contribution < -0.4 is 10.8 Å². The predicted octanol–water partition coefficient (Wildman–Crippen LogP) is 3.59. The van der Waals surface area contributed by atoms with Crippen LogP contribution in [0.3, 0.4) is 0 Å². The van der Waals surface area contributed by atoms with Crippen molar-refractivity contribution in [1.82, 2.24) is 10.8 Å². The van der Waals surface area contributed by atoms with Gasteiger partial charge < -0.3 is 5.32 Å². The first kappa shape index (κ1) is 17.2. The Morgan fingerprint density at radius 3 is 2.00 bits per heavy atom. The molecule has 4 bridgehead atoms. The topological polar surface area (TPSA) is 78.4 Å². The Morgan fingerprint density at radius 2 is 1.52 bits per heavy atom. The van der Waals surface area contributed by atoms with Gasteiger partial charge in [-0.2, -0.15) is 0 Å². The highest BCUT2D eigenvalue weighted by Crippen LogP contribution is 2.60. The molecule has 0 saturated heterocycles. The lowest BCUT2D eigenvalue weighted by molar-refractivity contribution is -0.147. The minimum atomic E-state index is -0.512. The molecule has 1 aromatic carbocycles. The number of hydrogen-bond donors (Lipinski definition) is 3. The minimum Gasteiger partial charge on any atom is -0.349 e. The van der Waals surface area contributed by atoms with Crippen molar-refractivity contribution in [3.05, 3.63) is 35.4 Å². The van der Waals surface area contributed by atoms with Crippen LogP contribution in [0.25, 0.3) is 0 Å². The molecule has 5 nitrogen and oxygen atoms in total. The Hall–Kier alpha value is -1.88. The van der Waals surface area contributed by atoms with Crippen molar-refractivity contribution < 1.29 is 14.8 Å². The molecule has 6 rings (SSSR count). The van der Waals surface area contributed by atoms with Gasteiger partial charge >= 0.3 is 0 Å². The monoisotopic (exact) mass is 368 g/mol. The van der Waals surface area contributed by atoms with Crippen molar-refractivity contribution in [3.63, 3.8) is 0 Å². The summed E-state index contributed by atoms with van der Waals surface area (Å²) in [5, 5.41) is 12.2. The van der Waals surface area contributed by atoms with Crippen molar-refractivity contribution in [2.45, 2.75) is 57.4 Å². The Balaban J connectivity index is 1.34. The van der Waals surface area contributed by atoms with Crippen LogP contribution in [0.15, 0.2) is 24.3 Å². The highest BCUT2D eigenvalue weighted by Gasteiger charge is 2.55. The van der Waals surface area contributed by atoms with Crippen molar-refractivity contribution in [2.75, 3.05) is 0 Å². The van der Waals surface area contributed by atoms with Crippen molar-refractivity contribution >= 4 is 11.8 Å². The van der Waals surface area contributed by atoms with E-state index in [0.29, 0.717) is 11.5 Å². The molecule has 27 heavy (non-hydrogen) atoms.